The molecule has 0 fully saturated rings. The van der Waals surface area contributed by atoms with Crippen molar-refractivity contribution >= 4 is 11.6 Å². The molecule has 1 heterocycles. The first-order valence-electron chi connectivity index (χ1n) is 5.20. The average molecular weight is 217 g/mol. The molecule has 1 aromatic carbocycles. The maximum atomic E-state index is 5.59. The summed E-state index contributed by atoms with van der Waals surface area (Å²) in [6.07, 6.45) is 0.764. The summed E-state index contributed by atoms with van der Waals surface area (Å²) in [5, 5.41) is 7.47. The number of hydrogen-bond donors (Lipinski definition) is 2. The summed E-state index contributed by atoms with van der Waals surface area (Å²) in [7, 11) is 1.79. The van der Waals surface area contributed by atoms with Crippen LogP contribution in [-0.4, -0.2) is 21.3 Å². The first-order chi connectivity index (χ1) is 7.75. The third-order valence-corrected chi connectivity index (χ3v) is 2.29. The monoisotopic (exact) mass is 217 g/mol. The fourth-order valence-electron chi connectivity index (χ4n) is 1.43. The number of nitrogens with zero attached hydrogens (tertiary/aromatic N) is 3. The van der Waals surface area contributed by atoms with Crippen LogP contribution in [0.5, 0.6) is 0 Å². The van der Waals surface area contributed by atoms with Crippen molar-refractivity contribution in [3.05, 3.63) is 36.2 Å². The van der Waals surface area contributed by atoms with Crippen LogP contribution < -0.4 is 11.1 Å². The molecule has 5 nitrogen and oxygen atoms in total. The Labute approximate surface area is 94.3 Å². The van der Waals surface area contributed by atoms with Gasteiger partial charge >= 0.3 is 0 Å². The molecule has 0 spiro atoms. The van der Waals surface area contributed by atoms with Crippen molar-refractivity contribution < 1.29 is 0 Å². The first kappa shape index (κ1) is 10.5. The Morgan fingerprint density at radius 3 is 2.69 bits per heavy atom. The van der Waals surface area contributed by atoms with Gasteiger partial charge in [-0.1, -0.05) is 18.2 Å². The minimum atomic E-state index is 0.453. The first-order valence-corrected chi connectivity index (χ1v) is 5.20. The van der Waals surface area contributed by atoms with Crippen molar-refractivity contribution in [3.8, 4) is 0 Å². The van der Waals surface area contributed by atoms with Gasteiger partial charge in [0, 0.05) is 25.7 Å². The van der Waals surface area contributed by atoms with Crippen LogP contribution in [0.25, 0.3) is 0 Å². The number of aromatic nitrogens is 3. The minimum Gasteiger partial charge on any atom is -0.385 e. The molecule has 5 heteroatoms. The zero-order valence-electron chi connectivity index (χ0n) is 9.22. The predicted molar refractivity (Wildman–Crippen MR) is 64.1 cm³/mol. The van der Waals surface area contributed by atoms with Crippen LogP contribution in [0.3, 0.4) is 0 Å². The molecule has 16 heavy (non-hydrogen) atoms. The summed E-state index contributed by atoms with van der Waals surface area (Å²) in [5.41, 5.74) is 6.70. The Morgan fingerprint density at radius 2 is 2.06 bits per heavy atom. The van der Waals surface area contributed by atoms with Crippen molar-refractivity contribution in [3.63, 3.8) is 0 Å². The Morgan fingerprint density at radius 1 is 1.31 bits per heavy atom. The highest BCUT2D eigenvalue weighted by molar-refractivity contribution is 5.42. The molecule has 1 aromatic heterocycles. The average Bonchev–Trinajstić information content (AvgIpc) is 2.60. The molecule has 0 saturated carbocycles. The lowest BCUT2D eigenvalue weighted by atomic mass is 10.3. The van der Waals surface area contributed by atoms with Crippen molar-refractivity contribution in [2.45, 2.75) is 6.42 Å². The Hall–Kier alpha value is -2.04. The summed E-state index contributed by atoms with van der Waals surface area (Å²) in [5.74, 6) is 1.22. The van der Waals surface area contributed by atoms with Gasteiger partial charge in [0.25, 0.3) is 0 Å². The summed E-state index contributed by atoms with van der Waals surface area (Å²) in [4.78, 5) is 4.13. The van der Waals surface area contributed by atoms with Gasteiger partial charge in [-0.3, -0.25) is 0 Å². The predicted octanol–water partition coefficient (Wildman–Crippen LogP) is 1.05. The van der Waals surface area contributed by atoms with Crippen LogP contribution >= 0.6 is 0 Å². The molecule has 0 aliphatic rings. The van der Waals surface area contributed by atoms with Crippen LogP contribution in [0, 0.1) is 0 Å². The van der Waals surface area contributed by atoms with E-state index in [9.17, 15) is 0 Å². The molecular weight excluding hydrogens is 202 g/mol. The highest BCUT2D eigenvalue weighted by Gasteiger charge is 2.02. The second-order valence-electron chi connectivity index (χ2n) is 3.55. The molecule has 2 rings (SSSR count). The lowest BCUT2D eigenvalue weighted by Crippen LogP contribution is -2.06. The number of nitrogens with two attached hydrogens (primary N) is 1. The van der Waals surface area contributed by atoms with Gasteiger partial charge in [-0.2, -0.15) is 10.1 Å². The zero-order chi connectivity index (χ0) is 11.4. The molecule has 0 atom stereocenters. The summed E-state index contributed by atoms with van der Waals surface area (Å²) >= 11 is 0. The molecule has 0 aliphatic carbocycles. The number of hydrogen-bond acceptors (Lipinski definition) is 4. The number of nitrogen functional groups attached to an aromatic ring is 1. The van der Waals surface area contributed by atoms with Gasteiger partial charge in [0.05, 0.1) is 0 Å². The summed E-state index contributed by atoms with van der Waals surface area (Å²) < 4.78 is 1.58. The van der Waals surface area contributed by atoms with E-state index in [1.807, 2.05) is 30.3 Å². The smallest absolute Gasteiger partial charge is 0.218 e. The van der Waals surface area contributed by atoms with Crippen LogP contribution in [0.4, 0.5) is 11.6 Å². The normalized spacial score (nSPS) is 10.3. The van der Waals surface area contributed by atoms with Crippen LogP contribution in [0.2, 0.25) is 0 Å². The second-order valence-corrected chi connectivity index (χ2v) is 3.55. The third kappa shape index (κ3) is 2.50. The van der Waals surface area contributed by atoms with E-state index in [2.05, 4.69) is 15.4 Å². The van der Waals surface area contributed by atoms with Gasteiger partial charge in [-0.15, -0.1) is 0 Å². The lowest BCUT2D eigenvalue weighted by molar-refractivity contribution is 0.750. The van der Waals surface area contributed by atoms with Gasteiger partial charge in [0.15, 0.2) is 5.82 Å². The molecule has 0 unspecified atom stereocenters. The fourth-order valence-corrected chi connectivity index (χ4v) is 1.43. The van der Waals surface area contributed by atoms with E-state index in [0.29, 0.717) is 5.95 Å². The van der Waals surface area contributed by atoms with Crippen LogP contribution in [0.1, 0.15) is 5.82 Å². The zero-order valence-corrected chi connectivity index (χ0v) is 9.22. The topological polar surface area (TPSA) is 68.8 Å². The highest BCUT2D eigenvalue weighted by atomic mass is 15.4. The van der Waals surface area contributed by atoms with Gasteiger partial charge in [0.1, 0.15) is 0 Å². The van der Waals surface area contributed by atoms with Gasteiger partial charge in [-0.25, -0.2) is 4.68 Å². The Kier molecular flexibility index (Phi) is 3.05. The Bertz CT molecular complexity index is 429. The number of anilines is 2. The number of rotatable bonds is 4. The molecule has 84 valence electrons. The number of para-hydroxylation sites is 1. The highest BCUT2D eigenvalue weighted by Crippen LogP contribution is 2.05. The molecule has 0 radical (unpaired) electrons. The van der Waals surface area contributed by atoms with Crippen molar-refractivity contribution in [2.24, 2.45) is 7.05 Å². The van der Waals surface area contributed by atoms with Crippen molar-refractivity contribution in [2.75, 3.05) is 17.6 Å². The molecule has 0 aliphatic heterocycles. The maximum absolute atomic E-state index is 5.59. The van der Waals surface area contributed by atoms with Crippen LogP contribution in [0.15, 0.2) is 30.3 Å². The van der Waals surface area contributed by atoms with E-state index in [0.717, 1.165) is 24.5 Å². The molecule has 3 N–H and O–H groups in total. The number of aryl methyl sites for hydroxylation is 1. The summed E-state index contributed by atoms with van der Waals surface area (Å²) in [6.45, 7) is 0.799. The van der Waals surface area contributed by atoms with Crippen molar-refractivity contribution in [1.29, 1.82) is 0 Å². The van der Waals surface area contributed by atoms with Gasteiger partial charge in [0.2, 0.25) is 5.95 Å². The van der Waals surface area contributed by atoms with Gasteiger partial charge in [-0.05, 0) is 12.1 Å². The Balaban J connectivity index is 1.84. The molecule has 0 bridgehead atoms. The van der Waals surface area contributed by atoms with E-state index >= 15 is 0 Å². The minimum absolute atomic E-state index is 0.453. The fraction of sp³-hybridized carbons (Fsp3) is 0.273. The number of nitrogens with one attached hydrogen (secondary N) is 1. The van der Waals surface area contributed by atoms with E-state index in [-0.39, 0.29) is 0 Å². The lowest BCUT2D eigenvalue weighted by Gasteiger charge is -2.03. The summed E-state index contributed by atoms with van der Waals surface area (Å²) in [6, 6.07) is 10.0. The van der Waals surface area contributed by atoms with Crippen LogP contribution in [-0.2, 0) is 13.5 Å². The molecule has 0 saturated heterocycles. The second kappa shape index (κ2) is 4.65. The quantitative estimate of drug-likeness (QED) is 0.803. The van der Waals surface area contributed by atoms with Gasteiger partial charge < -0.3 is 11.1 Å². The standard InChI is InChI=1S/C11H15N5/c1-16-11(12)14-10(15-16)7-8-13-9-5-3-2-4-6-9/h2-6,13H,7-8H2,1H3,(H2,12,14,15). The van der Waals surface area contributed by atoms with E-state index < -0.39 is 0 Å². The molecular formula is C11H15N5. The maximum Gasteiger partial charge on any atom is 0.218 e. The van der Waals surface area contributed by atoms with E-state index in [1.54, 1.807) is 11.7 Å². The SMILES string of the molecule is Cn1nc(CCNc2ccccc2)nc1N. The van der Waals surface area contributed by atoms with E-state index in [4.69, 9.17) is 5.73 Å². The third-order valence-electron chi connectivity index (χ3n) is 2.29. The van der Waals surface area contributed by atoms with E-state index in [1.165, 1.54) is 0 Å². The largest absolute Gasteiger partial charge is 0.385 e. The number of benzene rings is 1. The molecule has 2 aromatic rings. The molecule has 0 amide bonds. The van der Waals surface area contributed by atoms with Crippen molar-refractivity contribution in [1.82, 2.24) is 14.8 Å².